The van der Waals surface area contributed by atoms with E-state index in [1.165, 1.54) is 19.9 Å². The molecule has 3 heteroatoms. The minimum Gasteiger partial charge on any atom is -0.383 e. The van der Waals surface area contributed by atoms with Crippen LogP contribution < -0.4 is 0 Å². The first kappa shape index (κ1) is 11.4. The van der Waals surface area contributed by atoms with Crippen molar-refractivity contribution in [1.82, 2.24) is 0 Å². The van der Waals surface area contributed by atoms with Gasteiger partial charge in [0.2, 0.25) is 0 Å². The van der Waals surface area contributed by atoms with E-state index in [4.69, 9.17) is 5.26 Å². The number of benzene rings is 1. The second-order valence-electron chi connectivity index (χ2n) is 3.79. The minimum atomic E-state index is -1.46. The van der Waals surface area contributed by atoms with Crippen molar-refractivity contribution in [3.05, 3.63) is 41.2 Å². The Bertz CT molecular complexity index is 407. The Kier molecular flexibility index (Phi) is 3.23. The molecule has 1 N–H and O–H groups in total. The molecule has 0 aliphatic rings. The molecule has 0 radical (unpaired) electrons. The molecular weight excluding hydrogens is 193 g/mol. The van der Waals surface area contributed by atoms with Crippen LogP contribution in [0.1, 0.15) is 25.0 Å². The van der Waals surface area contributed by atoms with Gasteiger partial charge in [0, 0.05) is 0 Å². The normalized spacial score (nSPS) is 12.3. The first-order chi connectivity index (χ1) is 6.93. The van der Waals surface area contributed by atoms with Crippen molar-refractivity contribution < 1.29 is 9.50 Å². The van der Waals surface area contributed by atoms with E-state index in [2.05, 4.69) is 0 Å². The van der Waals surface area contributed by atoms with E-state index in [-0.39, 0.29) is 0 Å². The molecule has 0 amide bonds. The zero-order chi connectivity index (χ0) is 11.5. The lowest BCUT2D eigenvalue weighted by molar-refractivity contribution is 0.0956. The Hall–Kier alpha value is -1.66. The second-order valence-corrected chi connectivity index (χ2v) is 3.79. The third-order valence-corrected chi connectivity index (χ3v) is 1.92. The minimum absolute atomic E-state index is 0.524. The number of nitrogens with zero attached hydrogens (tertiary/aromatic N) is 1. The van der Waals surface area contributed by atoms with Gasteiger partial charge in [-0.05, 0) is 37.6 Å². The highest BCUT2D eigenvalue weighted by Crippen LogP contribution is 2.20. The Morgan fingerprint density at radius 3 is 2.33 bits per heavy atom. The van der Waals surface area contributed by atoms with Crippen LogP contribution >= 0.6 is 0 Å². The SMILES string of the molecule is CC(C)(O)/C(F)=C/c1ccc(C#N)cc1. The van der Waals surface area contributed by atoms with Crippen molar-refractivity contribution in [2.75, 3.05) is 0 Å². The molecule has 78 valence electrons. The molecule has 0 saturated carbocycles. The van der Waals surface area contributed by atoms with Gasteiger partial charge in [-0.2, -0.15) is 5.26 Å². The average Bonchev–Trinajstić information content (AvgIpc) is 2.17. The first-order valence-corrected chi connectivity index (χ1v) is 4.53. The Balaban J connectivity index is 2.96. The maximum absolute atomic E-state index is 13.3. The molecule has 0 spiro atoms. The molecule has 1 rings (SSSR count). The fourth-order valence-electron chi connectivity index (χ4n) is 0.977. The summed E-state index contributed by atoms with van der Waals surface area (Å²) in [6, 6.07) is 8.43. The Morgan fingerprint density at radius 1 is 1.40 bits per heavy atom. The molecule has 15 heavy (non-hydrogen) atoms. The summed E-state index contributed by atoms with van der Waals surface area (Å²) >= 11 is 0. The molecule has 0 fully saturated rings. The fraction of sp³-hybridized carbons (Fsp3) is 0.250. The van der Waals surface area contributed by atoms with Gasteiger partial charge in [-0.15, -0.1) is 0 Å². The number of rotatable bonds is 2. The molecule has 0 aromatic heterocycles. The highest BCUT2D eigenvalue weighted by atomic mass is 19.1. The van der Waals surface area contributed by atoms with Crippen LogP contribution in [-0.4, -0.2) is 10.7 Å². The summed E-state index contributed by atoms with van der Waals surface area (Å²) in [6.07, 6.45) is 1.25. The van der Waals surface area contributed by atoms with E-state index in [1.807, 2.05) is 6.07 Å². The summed E-state index contributed by atoms with van der Waals surface area (Å²) in [7, 11) is 0. The lowest BCUT2D eigenvalue weighted by Crippen LogP contribution is -2.18. The van der Waals surface area contributed by atoms with Gasteiger partial charge in [0.15, 0.2) is 0 Å². The first-order valence-electron chi connectivity index (χ1n) is 4.53. The van der Waals surface area contributed by atoms with Crippen molar-refractivity contribution in [2.45, 2.75) is 19.4 Å². The lowest BCUT2D eigenvalue weighted by atomic mass is 10.1. The molecule has 0 atom stereocenters. The van der Waals surface area contributed by atoms with E-state index in [9.17, 15) is 9.50 Å². The maximum atomic E-state index is 13.3. The van der Waals surface area contributed by atoms with Crippen molar-refractivity contribution >= 4 is 6.08 Å². The van der Waals surface area contributed by atoms with Gasteiger partial charge in [0.05, 0.1) is 11.6 Å². The predicted octanol–water partition coefficient (Wildman–Crippen LogP) is 2.64. The summed E-state index contributed by atoms with van der Waals surface area (Å²) < 4.78 is 13.3. The van der Waals surface area contributed by atoms with Gasteiger partial charge < -0.3 is 5.11 Å². The standard InChI is InChI=1S/C12H12FNO/c1-12(2,15)11(13)7-9-3-5-10(8-14)6-4-9/h3-7,15H,1-2H3/b11-7-. The largest absolute Gasteiger partial charge is 0.383 e. The number of halogens is 1. The van der Waals surface area contributed by atoms with E-state index >= 15 is 0 Å². The van der Waals surface area contributed by atoms with Crippen LogP contribution in [0.4, 0.5) is 4.39 Å². The third-order valence-electron chi connectivity index (χ3n) is 1.92. The summed E-state index contributed by atoms with van der Waals surface area (Å²) in [5.41, 5.74) is -0.321. The van der Waals surface area contributed by atoms with Crippen molar-refractivity contribution in [3.8, 4) is 6.07 Å². The molecular formula is C12H12FNO. The monoisotopic (exact) mass is 205 g/mol. The molecule has 1 aromatic carbocycles. The van der Waals surface area contributed by atoms with Crippen LogP contribution in [0.3, 0.4) is 0 Å². The number of nitriles is 1. The number of hydrogen-bond donors (Lipinski definition) is 1. The van der Waals surface area contributed by atoms with Gasteiger partial charge in [0.1, 0.15) is 11.4 Å². The molecule has 0 unspecified atom stereocenters. The highest BCUT2D eigenvalue weighted by molar-refractivity contribution is 5.54. The zero-order valence-electron chi connectivity index (χ0n) is 8.66. The van der Waals surface area contributed by atoms with Crippen LogP contribution in [0.2, 0.25) is 0 Å². The Labute approximate surface area is 88.3 Å². The number of aliphatic hydroxyl groups is 1. The third kappa shape index (κ3) is 3.19. The van der Waals surface area contributed by atoms with Gasteiger partial charge in [-0.3, -0.25) is 0 Å². The van der Waals surface area contributed by atoms with Gasteiger partial charge >= 0.3 is 0 Å². The highest BCUT2D eigenvalue weighted by Gasteiger charge is 2.18. The van der Waals surface area contributed by atoms with Gasteiger partial charge in [-0.1, -0.05) is 12.1 Å². The van der Waals surface area contributed by atoms with Crippen LogP contribution in [0.5, 0.6) is 0 Å². The van der Waals surface area contributed by atoms with Crippen LogP contribution in [0, 0.1) is 11.3 Å². The molecule has 1 aromatic rings. The van der Waals surface area contributed by atoms with Crippen molar-refractivity contribution in [1.29, 1.82) is 5.26 Å². The summed E-state index contributed by atoms with van der Waals surface area (Å²) in [5, 5.41) is 17.9. The summed E-state index contributed by atoms with van der Waals surface area (Å²) in [5.74, 6) is -0.604. The Morgan fingerprint density at radius 2 is 1.93 bits per heavy atom. The van der Waals surface area contributed by atoms with E-state index in [0.29, 0.717) is 11.1 Å². The van der Waals surface area contributed by atoms with Crippen LogP contribution in [0.15, 0.2) is 30.1 Å². The second kappa shape index (κ2) is 4.24. The smallest absolute Gasteiger partial charge is 0.132 e. The van der Waals surface area contributed by atoms with Crippen LogP contribution in [0.25, 0.3) is 6.08 Å². The van der Waals surface area contributed by atoms with Crippen molar-refractivity contribution in [2.24, 2.45) is 0 Å². The van der Waals surface area contributed by atoms with Gasteiger partial charge in [0.25, 0.3) is 0 Å². The molecule has 0 heterocycles. The van der Waals surface area contributed by atoms with E-state index < -0.39 is 11.4 Å². The summed E-state index contributed by atoms with van der Waals surface area (Å²) in [4.78, 5) is 0. The van der Waals surface area contributed by atoms with Crippen molar-refractivity contribution in [3.63, 3.8) is 0 Å². The molecule has 2 nitrogen and oxygen atoms in total. The molecule has 0 aliphatic heterocycles. The maximum Gasteiger partial charge on any atom is 0.132 e. The van der Waals surface area contributed by atoms with Crippen LogP contribution in [-0.2, 0) is 0 Å². The fourth-order valence-corrected chi connectivity index (χ4v) is 0.977. The molecule has 0 saturated heterocycles. The molecule has 0 aliphatic carbocycles. The van der Waals surface area contributed by atoms with E-state index in [1.54, 1.807) is 24.3 Å². The van der Waals surface area contributed by atoms with E-state index in [0.717, 1.165) is 0 Å². The zero-order valence-corrected chi connectivity index (χ0v) is 8.66. The summed E-state index contributed by atoms with van der Waals surface area (Å²) in [6.45, 7) is 2.75. The van der Waals surface area contributed by atoms with Gasteiger partial charge in [-0.25, -0.2) is 4.39 Å². The number of hydrogen-bond acceptors (Lipinski definition) is 2. The average molecular weight is 205 g/mol. The topological polar surface area (TPSA) is 44.0 Å². The predicted molar refractivity (Wildman–Crippen MR) is 56.5 cm³/mol. The molecule has 0 bridgehead atoms. The lowest BCUT2D eigenvalue weighted by Gasteiger charge is -2.14. The quantitative estimate of drug-likeness (QED) is 0.806.